The number of hydrogen-bond donors (Lipinski definition) is 2. The van der Waals surface area contributed by atoms with Crippen molar-refractivity contribution in [3.63, 3.8) is 0 Å². The fourth-order valence-corrected chi connectivity index (χ4v) is 1.67. The number of hydrogen-bond acceptors (Lipinski definition) is 2. The van der Waals surface area contributed by atoms with E-state index in [9.17, 15) is 4.39 Å². The van der Waals surface area contributed by atoms with Gasteiger partial charge in [0.15, 0.2) is 5.11 Å². The molecule has 0 saturated carbocycles. The van der Waals surface area contributed by atoms with Crippen molar-refractivity contribution in [3.8, 4) is 0 Å². The van der Waals surface area contributed by atoms with Gasteiger partial charge in [0.05, 0.1) is 0 Å². The largest absolute Gasteiger partial charge is 0.332 e. The fourth-order valence-electron chi connectivity index (χ4n) is 1.45. The Kier molecular flexibility index (Phi) is 3.84. The Morgan fingerprint density at radius 2 is 2.06 bits per heavy atom. The predicted molar refractivity (Wildman–Crippen MR) is 75.2 cm³/mol. The van der Waals surface area contributed by atoms with Gasteiger partial charge in [-0.15, -0.1) is 0 Å². The summed E-state index contributed by atoms with van der Waals surface area (Å²) in [7, 11) is 0. The first-order valence-corrected chi connectivity index (χ1v) is 5.81. The Morgan fingerprint density at radius 3 is 2.78 bits per heavy atom. The van der Waals surface area contributed by atoms with Gasteiger partial charge in [-0.3, -0.25) is 0 Å². The maximum Gasteiger partial charge on any atom is 0.176 e. The van der Waals surface area contributed by atoms with Crippen LogP contribution in [0.4, 0.5) is 15.9 Å². The molecule has 0 fully saturated rings. The van der Waals surface area contributed by atoms with Crippen LogP contribution >= 0.6 is 12.2 Å². The molecule has 0 aliphatic carbocycles. The number of halogens is 1. The van der Waals surface area contributed by atoms with Crippen molar-refractivity contribution in [2.45, 2.75) is 6.92 Å². The zero-order chi connectivity index (χ0) is 13.0. The SMILES string of the molecule is Cc1cccnc1NC(=S)Nc1cccc(F)c1. The molecule has 3 nitrogen and oxygen atoms in total. The molecule has 0 radical (unpaired) electrons. The molecule has 0 amide bonds. The minimum absolute atomic E-state index is 0.309. The lowest BCUT2D eigenvalue weighted by Gasteiger charge is -2.11. The third kappa shape index (κ3) is 3.24. The van der Waals surface area contributed by atoms with E-state index in [1.807, 2.05) is 19.1 Å². The molecule has 0 spiro atoms. The number of nitrogens with zero attached hydrogens (tertiary/aromatic N) is 1. The van der Waals surface area contributed by atoms with E-state index in [0.29, 0.717) is 16.6 Å². The van der Waals surface area contributed by atoms with Crippen LogP contribution in [0.3, 0.4) is 0 Å². The van der Waals surface area contributed by atoms with Gasteiger partial charge >= 0.3 is 0 Å². The first-order chi connectivity index (χ1) is 8.65. The average Bonchev–Trinajstić information content (AvgIpc) is 2.32. The molecule has 2 rings (SSSR count). The lowest BCUT2D eigenvalue weighted by atomic mass is 10.3. The van der Waals surface area contributed by atoms with Gasteiger partial charge in [0.25, 0.3) is 0 Å². The second kappa shape index (κ2) is 5.55. The Balaban J connectivity index is 2.03. The number of aryl methyl sites for hydroxylation is 1. The van der Waals surface area contributed by atoms with Gasteiger partial charge in [-0.2, -0.15) is 0 Å². The topological polar surface area (TPSA) is 37.0 Å². The van der Waals surface area contributed by atoms with E-state index in [2.05, 4.69) is 15.6 Å². The Morgan fingerprint density at radius 1 is 1.22 bits per heavy atom. The second-order valence-electron chi connectivity index (χ2n) is 3.76. The van der Waals surface area contributed by atoms with E-state index in [1.54, 1.807) is 18.3 Å². The third-order valence-corrected chi connectivity index (χ3v) is 2.53. The monoisotopic (exact) mass is 261 g/mol. The Labute approximate surface area is 110 Å². The molecule has 2 N–H and O–H groups in total. The molecule has 1 aromatic carbocycles. The van der Waals surface area contributed by atoms with Crippen LogP contribution in [0.1, 0.15) is 5.56 Å². The summed E-state index contributed by atoms with van der Waals surface area (Å²) in [5, 5.41) is 6.24. The van der Waals surface area contributed by atoms with Crippen LogP contribution in [-0.2, 0) is 0 Å². The predicted octanol–water partition coefficient (Wildman–Crippen LogP) is 3.34. The number of pyridine rings is 1. The summed E-state index contributed by atoms with van der Waals surface area (Å²) in [4.78, 5) is 4.16. The van der Waals surface area contributed by atoms with Crippen LogP contribution in [0.2, 0.25) is 0 Å². The van der Waals surface area contributed by atoms with Crippen LogP contribution in [-0.4, -0.2) is 10.1 Å². The van der Waals surface area contributed by atoms with E-state index in [0.717, 1.165) is 5.56 Å². The quantitative estimate of drug-likeness (QED) is 0.813. The van der Waals surface area contributed by atoms with Crippen molar-refractivity contribution in [1.29, 1.82) is 0 Å². The van der Waals surface area contributed by atoms with Crippen LogP contribution in [0.25, 0.3) is 0 Å². The molecule has 0 aliphatic rings. The Bertz CT molecular complexity index is 572. The van der Waals surface area contributed by atoms with Crippen molar-refractivity contribution in [2.75, 3.05) is 10.6 Å². The highest BCUT2D eigenvalue weighted by atomic mass is 32.1. The van der Waals surface area contributed by atoms with E-state index >= 15 is 0 Å². The third-order valence-electron chi connectivity index (χ3n) is 2.32. The molecule has 0 bridgehead atoms. The molecule has 1 heterocycles. The first-order valence-electron chi connectivity index (χ1n) is 5.40. The lowest BCUT2D eigenvalue weighted by molar-refractivity contribution is 0.628. The molecule has 92 valence electrons. The minimum Gasteiger partial charge on any atom is -0.332 e. The number of aromatic nitrogens is 1. The zero-order valence-corrected chi connectivity index (χ0v) is 10.6. The summed E-state index contributed by atoms with van der Waals surface area (Å²) < 4.78 is 13.0. The smallest absolute Gasteiger partial charge is 0.176 e. The maximum atomic E-state index is 13.0. The number of thiocarbonyl (C=S) groups is 1. The van der Waals surface area contributed by atoms with Crippen LogP contribution in [0.5, 0.6) is 0 Å². The Hall–Kier alpha value is -2.01. The summed E-state index contributed by atoms with van der Waals surface area (Å²) in [6.07, 6.45) is 1.68. The van der Waals surface area contributed by atoms with Crippen LogP contribution < -0.4 is 10.6 Å². The number of nitrogens with one attached hydrogen (secondary N) is 2. The molecule has 0 aliphatic heterocycles. The summed E-state index contributed by atoms with van der Waals surface area (Å²) in [5.74, 6) is 0.378. The van der Waals surface area contributed by atoms with E-state index in [1.165, 1.54) is 12.1 Å². The van der Waals surface area contributed by atoms with Crippen molar-refractivity contribution >= 4 is 28.8 Å². The number of anilines is 2. The standard InChI is InChI=1S/C13H12FN3S/c1-9-4-3-7-15-12(9)17-13(18)16-11-6-2-5-10(14)8-11/h2-8H,1H3,(H2,15,16,17,18). The molecule has 5 heteroatoms. The van der Waals surface area contributed by atoms with Crippen LogP contribution in [0.15, 0.2) is 42.6 Å². The van der Waals surface area contributed by atoms with Gasteiger partial charge in [-0.1, -0.05) is 12.1 Å². The van der Waals surface area contributed by atoms with Gasteiger partial charge in [-0.05, 0) is 49.0 Å². The average molecular weight is 261 g/mol. The van der Waals surface area contributed by atoms with Gasteiger partial charge in [0.2, 0.25) is 0 Å². The number of benzene rings is 1. The summed E-state index contributed by atoms with van der Waals surface area (Å²) >= 11 is 5.14. The van der Waals surface area contributed by atoms with Gasteiger partial charge in [0.1, 0.15) is 11.6 Å². The van der Waals surface area contributed by atoms with Crippen molar-refractivity contribution < 1.29 is 4.39 Å². The van der Waals surface area contributed by atoms with E-state index in [-0.39, 0.29) is 5.82 Å². The molecule has 0 unspecified atom stereocenters. The number of rotatable bonds is 2. The highest BCUT2D eigenvalue weighted by molar-refractivity contribution is 7.80. The van der Waals surface area contributed by atoms with E-state index < -0.39 is 0 Å². The fraction of sp³-hybridized carbons (Fsp3) is 0.0769. The molecular formula is C13H12FN3S. The van der Waals surface area contributed by atoms with Crippen molar-refractivity contribution in [1.82, 2.24) is 4.98 Å². The summed E-state index contributed by atoms with van der Waals surface area (Å²) in [6.45, 7) is 1.93. The van der Waals surface area contributed by atoms with Crippen molar-refractivity contribution in [3.05, 3.63) is 54.0 Å². The normalized spacial score (nSPS) is 9.89. The highest BCUT2D eigenvalue weighted by Gasteiger charge is 2.02. The van der Waals surface area contributed by atoms with Gasteiger partial charge in [-0.25, -0.2) is 9.37 Å². The second-order valence-corrected chi connectivity index (χ2v) is 4.17. The summed E-state index contributed by atoms with van der Waals surface area (Å²) in [5.41, 5.74) is 1.59. The van der Waals surface area contributed by atoms with Crippen LogP contribution in [0, 0.1) is 12.7 Å². The zero-order valence-electron chi connectivity index (χ0n) is 9.77. The molecule has 1 aromatic heterocycles. The lowest BCUT2D eigenvalue weighted by Crippen LogP contribution is -2.20. The van der Waals surface area contributed by atoms with E-state index in [4.69, 9.17) is 12.2 Å². The maximum absolute atomic E-state index is 13.0. The molecule has 2 aromatic rings. The first kappa shape index (κ1) is 12.4. The van der Waals surface area contributed by atoms with Gasteiger partial charge < -0.3 is 10.6 Å². The molecular weight excluding hydrogens is 249 g/mol. The molecule has 0 saturated heterocycles. The minimum atomic E-state index is -0.309. The summed E-state index contributed by atoms with van der Waals surface area (Å²) in [6, 6.07) is 9.89. The molecule has 18 heavy (non-hydrogen) atoms. The van der Waals surface area contributed by atoms with Crippen molar-refractivity contribution in [2.24, 2.45) is 0 Å². The molecule has 0 atom stereocenters. The highest BCUT2D eigenvalue weighted by Crippen LogP contribution is 2.12. The van der Waals surface area contributed by atoms with Gasteiger partial charge in [0, 0.05) is 11.9 Å².